The van der Waals surface area contributed by atoms with Crippen LogP contribution in [0.3, 0.4) is 0 Å². The SMILES string of the molecule is Cn1cnnc1CC1CCN(Cc2ccsc2)CC1. The third kappa shape index (κ3) is 3.22. The maximum absolute atomic E-state index is 4.19. The molecule has 0 spiro atoms. The molecule has 1 fully saturated rings. The molecule has 0 unspecified atom stereocenters. The van der Waals surface area contributed by atoms with E-state index in [1.54, 1.807) is 17.7 Å². The smallest absolute Gasteiger partial charge is 0.132 e. The number of rotatable bonds is 4. The fourth-order valence-electron chi connectivity index (χ4n) is 2.74. The van der Waals surface area contributed by atoms with Crippen molar-refractivity contribution in [3.05, 3.63) is 34.5 Å². The summed E-state index contributed by atoms with van der Waals surface area (Å²) in [7, 11) is 2.03. The van der Waals surface area contributed by atoms with Gasteiger partial charge in [-0.1, -0.05) is 0 Å². The van der Waals surface area contributed by atoms with Crippen LogP contribution in [0, 0.1) is 5.92 Å². The quantitative estimate of drug-likeness (QED) is 0.859. The maximum atomic E-state index is 4.19. The summed E-state index contributed by atoms with van der Waals surface area (Å²) in [6.07, 6.45) is 5.41. The molecular formula is C14H20N4S. The highest BCUT2D eigenvalue weighted by Gasteiger charge is 2.21. The highest BCUT2D eigenvalue weighted by molar-refractivity contribution is 7.07. The predicted octanol–water partition coefficient (Wildman–Crippen LogP) is 2.33. The predicted molar refractivity (Wildman–Crippen MR) is 77.0 cm³/mol. The third-order valence-electron chi connectivity index (χ3n) is 3.97. The molecule has 19 heavy (non-hydrogen) atoms. The van der Waals surface area contributed by atoms with Crippen molar-refractivity contribution in [2.24, 2.45) is 13.0 Å². The van der Waals surface area contributed by atoms with Crippen LogP contribution in [-0.2, 0) is 20.0 Å². The van der Waals surface area contributed by atoms with Crippen LogP contribution >= 0.6 is 11.3 Å². The van der Waals surface area contributed by atoms with Crippen molar-refractivity contribution in [2.75, 3.05) is 13.1 Å². The number of likely N-dealkylation sites (tertiary alicyclic amines) is 1. The van der Waals surface area contributed by atoms with Gasteiger partial charge in [-0.25, -0.2) is 0 Å². The lowest BCUT2D eigenvalue weighted by Crippen LogP contribution is -2.34. The van der Waals surface area contributed by atoms with Crippen LogP contribution in [0.15, 0.2) is 23.2 Å². The number of hydrogen-bond donors (Lipinski definition) is 0. The van der Waals surface area contributed by atoms with Gasteiger partial charge < -0.3 is 4.57 Å². The molecular weight excluding hydrogens is 256 g/mol. The summed E-state index contributed by atoms with van der Waals surface area (Å²) in [6.45, 7) is 3.52. The average Bonchev–Trinajstić information content (AvgIpc) is 3.05. The van der Waals surface area contributed by atoms with E-state index in [2.05, 4.69) is 31.9 Å². The van der Waals surface area contributed by atoms with Crippen LogP contribution in [0.5, 0.6) is 0 Å². The highest BCUT2D eigenvalue weighted by Crippen LogP contribution is 2.22. The zero-order valence-corrected chi connectivity index (χ0v) is 12.1. The Bertz CT molecular complexity index is 497. The molecule has 0 amide bonds. The van der Waals surface area contributed by atoms with Gasteiger partial charge in [0.25, 0.3) is 0 Å². The Morgan fingerprint density at radius 3 is 2.84 bits per heavy atom. The minimum atomic E-state index is 0.765. The van der Waals surface area contributed by atoms with Crippen molar-refractivity contribution in [3.8, 4) is 0 Å². The largest absolute Gasteiger partial charge is 0.321 e. The van der Waals surface area contributed by atoms with E-state index >= 15 is 0 Å². The number of thiophene rings is 1. The zero-order chi connectivity index (χ0) is 13.1. The molecule has 0 radical (unpaired) electrons. The van der Waals surface area contributed by atoms with Gasteiger partial charge in [0.2, 0.25) is 0 Å². The van der Waals surface area contributed by atoms with Gasteiger partial charge in [0, 0.05) is 20.0 Å². The number of aromatic nitrogens is 3. The second kappa shape index (κ2) is 5.84. The molecule has 0 atom stereocenters. The van der Waals surface area contributed by atoms with Crippen molar-refractivity contribution < 1.29 is 0 Å². The summed E-state index contributed by atoms with van der Waals surface area (Å²) in [6, 6.07) is 2.23. The molecule has 4 nitrogen and oxygen atoms in total. The Kier molecular flexibility index (Phi) is 3.94. The Balaban J connectivity index is 1.48. The zero-order valence-electron chi connectivity index (χ0n) is 11.3. The Morgan fingerprint density at radius 1 is 1.37 bits per heavy atom. The van der Waals surface area contributed by atoms with Crippen LogP contribution in [0.2, 0.25) is 0 Å². The first-order valence-corrected chi connectivity index (χ1v) is 7.82. The molecule has 1 aliphatic heterocycles. The van der Waals surface area contributed by atoms with Crippen LogP contribution in [-0.4, -0.2) is 32.8 Å². The summed E-state index contributed by atoms with van der Waals surface area (Å²) in [5.41, 5.74) is 1.46. The third-order valence-corrected chi connectivity index (χ3v) is 4.70. The van der Waals surface area contributed by atoms with Crippen molar-refractivity contribution in [1.82, 2.24) is 19.7 Å². The van der Waals surface area contributed by atoms with Gasteiger partial charge in [0.15, 0.2) is 0 Å². The van der Waals surface area contributed by atoms with E-state index in [9.17, 15) is 0 Å². The minimum Gasteiger partial charge on any atom is -0.321 e. The Labute approximate surface area is 118 Å². The summed E-state index contributed by atoms with van der Waals surface area (Å²) < 4.78 is 2.04. The summed E-state index contributed by atoms with van der Waals surface area (Å²) >= 11 is 1.79. The van der Waals surface area contributed by atoms with Gasteiger partial charge in [-0.3, -0.25) is 4.90 Å². The van der Waals surface area contributed by atoms with E-state index in [1.807, 2.05) is 11.6 Å². The molecule has 0 bridgehead atoms. The van der Waals surface area contributed by atoms with Crippen LogP contribution in [0.1, 0.15) is 24.2 Å². The normalized spacial score (nSPS) is 17.9. The second-order valence-corrected chi connectivity index (χ2v) is 6.19. The summed E-state index contributed by atoms with van der Waals surface area (Å²) in [4.78, 5) is 2.56. The maximum Gasteiger partial charge on any atom is 0.132 e. The van der Waals surface area contributed by atoms with E-state index in [0.29, 0.717) is 0 Å². The molecule has 3 heterocycles. The van der Waals surface area contributed by atoms with Gasteiger partial charge in [-0.05, 0) is 54.2 Å². The van der Waals surface area contributed by atoms with E-state index in [4.69, 9.17) is 0 Å². The lowest BCUT2D eigenvalue weighted by molar-refractivity contribution is 0.175. The van der Waals surface area contributed by atoms with E-state index in [1.165, 1.54) is 31.5 Å². The topological polar surface area (TPSA) is 34.0 Å². The standard InChI is InChI=1S/C14H20N4S/c1-17-11-15-16-14(17)8-12-2-5-18(6-3-12)9-13-4-7-19-10-13/h4,7,10-12H,2-3,5-6,8-9H2,1H3. The fraction of sp³-hybridized carbons (Fsp3) is 0.571. The van der Waals surface area contributed by atoms with Crippen LogP contribution < -0.4 is 0 Å². The molecule has 0 saturated carbocycles. The van der Waals surface area contributed by atoms with Gasteiger partial charge in [0.05, 0.1) is 0 Å². The second-order valence-electron chi connectivity index (χ2n) is 5.41. The summed E-state index contributed by atoms with van der Waals surface area (Å²) in [5.74, 6) is 1.89. The van der Waals surface area contributed by atoms with E-state index in [0.717, 1.165) is 24.7 Å². The lowest BCUT2D eigenvalue weighted by atomic mass is 9.93. The number of nitrogens with zero attached hydrogens (tertiary/aromatic N) is 4. The first kappa shape index (κ1) is 12.8. The van der Waals surface area contributed by atoms with Gasteiger partial charge in [-0.15, -0.1) is 10.2 Å². The molecule has 1 saturated heterocycles. The lowest BCUT2D eigenvalue weighted by Gasteiger charge is -2.31. The van der Waals surface area contributed by atoms with Crippen LogP contribution in [0.25, 0.3) is 0 Å². The molecule has 5 heteroatoms. The highest BCUT2D eigenvalue weighted by atomic mass is 32.1. The molecule has 2 aromatic heterocycles. The van der Waals surface area contributed by atoms with Crippen molar-refractivity contribution in [1.29, 1.82) is 0 Å². The molecule has 0 N–H and O–H groups in total. The van der Waals surface area contributed by atoms with Crippen molar-refractivity contribution in [3.63, 3.8) is 0 Å². The minimum absolute atomic E-state index is 0.765. The summed E-state index contributed by atoms with van der Waals surface area (Å²) in [5, 5.41) is 12.6. The fourth-order valence-corrected chi connectivity index (χ4v) is 3.40. The van der Waals surface area contributed by atoms with Gasteiger partial charge in [-0.2, -0.15) is 11.3 Å². The van der Waals surface area contributed by atoms with Gasteiger partial charge in [0.1, 0.15) is 12.2 Å². The first-order chi connectivity index (χ1) is 9.31. The Morgan fingerprint density at radius 2 is 2.21 bits per heavy atom. The molecule has 102 valence electrons. The van der Waals surface area contributed by atoms with E-state index in [-0.39, 0.29) is 0 Å². The molecule has 0 aromatic carbocycles. The molecule has 0 aliphatic carbocycles. The van der Waals surface area contributed by atoms with Gasteiger partial charge >= 0.3 is 0 Å². The van der Waals surface area contributed by atoms with Crippen molar-refractivity contribution >= 4 is 11.3 Å². The van der Waals surface area contributed by atoms with Crippen LogP contribution in [0.4, 0.5) is 0 Å². The molecule has 2 aromatic rings. The monoisotopic (exact) mass is 276 g/mol. The number of aryl methyl sites for hydroxylation is 1. The number of hydrogen-bond acceptors (Lipinski definition) is 4. The average molecular weight is 276 g/mol. The van der Waals surface area contributed by atoms with E-state index < -0.39 is 0 Å². The first-order valence-electron chi connectivity index (χ1n) is 6.87. The van der Waals surface area contributed by atoms with Crippen molar-refractivity contribution in [2.45, 2.75) is 25.8 Å². The Hall–Kier alpha value is -1.20. The number of piperidine rings is 1. The molecule has 3 rings (SSSR count). The molecule has 1 aliphatic rings.